The van der Waals surface area contributed by atoms with Crippen LogP contribution in [-0.2, 0) is 0 Å². The van der Waals surface area contributed by atoms with E-state index < -0.39 is 0 Å². The van der Waals surface area contributed by atoms with Crippen molar-refractivity contribution in [2.45, 2.75) is 11.9 Å². The number of hydrogen-bond donors (Lipinski definition) is 0. The zero-order chi connectivity index (χ0) is 19.3. The molecule has 28 heavy (non-hydrogen) atoms. The van der Waals surface area contributed by atoms with Crippen molar-refractivity contribution in [3.8, 4) is 16.9 Å². The molecule has 2 aromatic carbocycles. The van der Waals surface area contributed by atoms with Crippen LogP contribution >= 0.6 is 11.8 Å². The molecule has 0 saturated carbocycles. The standard InChI is InChI=1S/C22H18N4OS/c1-16-2-4-18(5-3-16)21(27)14-28-22-11-10-20(24-25-22)17-6-8-19(9-7-17)26-13-12-23-15-26/h2-13,15H,14H2,1H3. The van der Waals surface area contributed by atoms with Crippen molar-refractivity contribution in [2.24, 2.45) is 0 Å². The molecule has 0 saturated heterocycles. The molecule has 0 bridgehead atoms. The number of benzene rings is 2. The van der Waals surface area contributed by atoms with E-state index in [0.717, 1.165) is 33.1 Å². The fourth-order valence-electron chi connectivity index (χ4n) is 2.73. The SMILES string of the molecule is Cc1ccc(C(=O)CSc2ccc(-c3ccc(-n4ccnc4)cc3)nn2)cc1. The number of Topliss-reactive ketones (excluding diaryl/α,β-unsaturated/α-hetero) is 1. The van der Waals surface area contributed by atoms with Crippen LogP contribution in [0.25, 0.3) is 16.9 Å². The molecular weight excluding hydrogens is 368 g/mol. The van der Waals surface area contributed by atoms with E-state index in [1.165, 1.54) is 11.8 Å². The Hall–Kier alpha value is -3.25. The molecule has 0 N–H and O–H groups in total. The number of rotatable bonds is 6. The Morgan fingerprint density at radius 3 is 2.39 bits per heavy atom. The van der Waals surface area contributed by atoms with Gasteiger partial charge in [-0.2, -0.15) is 0 Å². The van der Waals surface area contributed by atoms with Gasteiger partial charge in [-0.15, -0.1) is 10.2 Å². The van der Waals surface area contributed by atoms with Crippen molar-refractivity contribution >= 4 is 17.5 Å². The van der Waals surface area contributed by atoms with E-state index in [1.807, 2.05) is 78.4 Å². The first kappa shape index (κ1) is 18.1. The molecule has 0 atom stereocenters. The number of aryl methyl sites for hydroxylation is 1. The molecule has 0 unspecified atom stereocenters. The summed E-state index contributed by atoms with van der Waals surface area (Å²) in [7, 11) is 0. The minimum absolute atomic E-state index is 0.0889. The van der Waals surface area contributed by atoms with Gasteiger partial charge < -0.3 is 4.57 Å². The van der Waals surface area contributed by atoms with Crippen molar-refractivity contribution < 1.29 is 4.79 Å². The van der Waals surface area contributed by atoms with Gasteiger partial charge in [-0.25, -0.2) is 4.98 Å². The lowest BCUT2D eigenvalue weighted by atomic mass is 10.1. The van der Waals surface area contributed by atoms with Crippen LogP contribution in [0, 0.1) is 6.92 Å². The lowest BCUT2D eigenvalue weighted by Gasteiger charge is -2.05. The first-order valence-electron chi connectivity index (χ1n) is 8.84. The number of carbonyl (C=O) groups excluding carboxylic acids is 1. The molecule has 138 valence electrons. The summed E-state index contributed by atoms with van der Waals surface area (Å²) in [5.74, 6) is 0.433. The Morgan fingerprint density at radius 2 is 1.75 bits per heavy atom. The Morgan fingerprint density at radius 1 is 0.964 bits per heavy atom. The van der Waals surface area contributed by atoms with E-state index >= 15 is 0 Å². The van der Waals surface area contributed by atoms with Gasteiger partial charge in [0, 0.05) is 29.2 Å². The summed E-state index contributed by atoms with van der Waals surface area (Å²) in [5.41, 5.74) is 4.69. The highest BCUT2D eigenvalue weighted by Crippen LogP contribution is 2.22. The van der Waals surface area contributed by atoms with Gasteiger partial charge in [-0.1, -0.05) is 53.7 Å². The fourth-order valence-corrected chi connectivity index (χ4v) is 3.44. The summed E-state index contributed by atoms with van der Waals surface area (Å²) < 4.78 is 1.94. The van der Waals surface area contributed by atoms with Crippen LogP contribution < -0.4 is 0 Å². The third kappa shape index (κ3) is 4.18. The quantitative estimate of drug-likeness (QED) is 0.358. The van der Waals surface area contributed by atoms with Gasteiger partial charge in [-0.05, 0) is 31.2 Å². The van der Waals surface area contributed by atoms with Crippen LogP contribution in [0.5, 0.6) is 0 Å². The molecule has 0 fully saturated rings. The molecule has 4 rings (SSSR count). The summed E-state index contributed by atoms with van der Waals surface area (Å²) in [6.45, 7) is 2.01. The molecule has 5 nitrogen and oxygen atoms in total. The molecule has 0 spiro atoms. The van der Waals surface area contributed by atoms with Crippen molar-refractivity contribution in [3.05, 3.63) is 90.5 Å². The fraction of sp³-hybridized carbons (Fsp3) is 0.0909. The van der Waals surface area contributed by atoms with Crippen LogP contribution in [-0.4, -0.2) is 31.3 Å². The van der Waals surface area contributed by atoms with Crippen LogP contribution in [0.3, 0.4) is 0 Å². The molecule has 0 aliphatic carbocycles. The molecular formula is C22H18N4OS. The molecule has 6 heteroatoms. The van der Waals surface area contributed by atoms with E-state index in [9.17, 15) is 4.79 Å². The van der Waals surface area contributed by atoms with E-state index in [1.54, 1.807) is 12.5 Å². The van der Waals surface area contributed by atoms with Crippen LogP contribution in [0.1, 0.15) is 15.9 Å². The molecule has 4 aromatic rings. The highest BCUT2D eigenvalue weighted by molar-refractivity contribution is 7.99. The smallest absolute Gasteiger partial charge is 0.173 e. The normalized spacial score (nSPS) is 10.8. The highest BCUT2D eigenvalue weighted by atomic mass is 32.2. The van der Waals surface area contributed by atoms with Gasteiger partial charge >= 0.3 is 0 Å². The van der Waals surface area contributed by atoms with Gasteiger partial charge in [0.25, 0.3) is 0 Å². The number of hydrogen-bond acceptors (Lipinski definition) is 5. The van der Waals surface area contributed by atoms with Gasteiger partial charge in [-0.3, -0.25) is 4.79 Å². The second-order valence-corrected chi connectivity index (χ2v) is 7.35. The number of thioether (sulfide) groups is 1. The number of ketones is 1. The predicted molar refractivity (Wildman–Crippen MR) is 111 cm³/mol. The average Bonchev–Trinajstić information content (AvgIpc) is 3.28. The monoisotopic (exact) mass is 386 g/mol. The Balaban J connectivity index is 1.39. The van der Waals surface area contributed by atoms with Gasteiger partial charge in [0.1, 0.15) is 5.03 Å². The van der Waals surface area contributed by atoms with Crippen molar-refractivity contribution in [1.29, 1.82) is 0 Å². The van der Waals surface area contributed by atoms with Crippen molar-refractivity contribution in [1.82, 2.24) is 19.7 Å². The molecule has 0 amide bonds. The topological polar surface area (TPSA) is 60.7 Å². The van der Waals surface area contributed by atoms with E-state index in [4.69, 9.17) is 0 Å². The van der Waals surface area contributed by atoms with Crippen LogP contribution in [0.15, 0.2) is 84.4 Å². The van der Waals surface area contributed by atoms with Crippen LogP contribution in [0.2, 0.25) is 0 Å². The third-order valence-electron chi connectivity index (χ3n) is 4.33. The lowest BCUT2D eigenvalue weighted by molar-refractivity contribution is 0.102. The second kappa shape index (κ2) is 8.19. The number of imidazole rings is 1. The van der Waals surface area contributed by atoms with E-state index in [0.29, 0.717) is 5.75 Å². The maximum absolute atomic E-state index is 12.3. The zero-order valence-corrected chi connectivity index (χ0v) is 16.1. The zero-order valence-electron chi connectivity index (χ0n) is 15.3. The first-order chi connectivity index (χ1) is 13.7. The van der Waals surface area contributed by atoms with E-state index in [-0.39, 0.29) is 5.78 Å². The maximum atomic E-state index is 12.3. The second-order valence-electron chi connectivity index (χ2n) is 6.35. The minimum Gasteiger partial charge on any atom is -0.306 e. The Kier molecular flexibility index (Phi) is 5.30. The van der Waals surface area contributed by atoms with E-state index in [2.05, 4.69) is 15.2 Å². The van der Waals surface area contributed by atoms with Gasteiger partial charge in [0.15, 0.2) is 5.78 Å². The third-order valence-corrected chi connectivity index (χ3v) is 5.25. The first-order valence-corrected chi connectivity index (χ1v) is 9.83. The van der Waals surface area contributed by atoms with Crippen molar-refractivity contribution in [2.75, 3.05) is 5.75 Å². The summed E-state index contributed by atoms with van der Waals surface area (Å²) in [4.78, 5) is 16.3. The van der Waals surface area contributed by atoms with Gasteiger partial charge in [0.2, 0.25) is 0 Å². The molecule has 0 aliphatic rings. The lowest BCUT2D eigenvalue weighted by Crippen LogP contribution is -2.02. The summed E-state index contributed by atoms with van der Waals surface area (Å²) >= 11 is 1.40. The summed E-state index contributed by atoms with van der Waals surface area (Å²) in [6, 6.07) is 19.5. The maximum Gasteiger partial charge on any atom is 0.173 e. The average molecular weight is 386 g/mol. The largest absolute Gasteiger partial charge is 0.306 e. The highest BCUT2D eigenvalue weighted by Gasteiger charge is 2.08. The molecule has 2 aromatic heterocycles. The molecule has 0 aliphatic heterocycles. The summed E-state index contributed by atoms with van der Waals surface area (Å²) in [6.07, 6.45) is 5.41. The number of aromatic nitrogens is 4. The number of carbonyl (C=O) groups is 1. The van der Waals surface area contributed by atoms with Crippen LogP contribution in [0.4, 0.5) is 0 Å². The molecule has 0 radical (unpaired) electrons. The van der Waals surface area contributed by atoms with Crippen molar-refractivity contribution in [3.63, 3.8) is 0 Å². The molecule has 2 heterocycles. The minimum atomic E-state index is 0.0889. The van der Waals surface area contributed by atoms with Gasteiger partial charge in [0.05, 0.1) is 17.8 Å². The summed E-state index contributed by atoms with van der Waals surface area (Å²) in [5, 5.41) is 9.29. The Bertz CT molecular complexity index is 1060. The predicted octanol–water partition coefficient (Wildman–Crippen LogP) is 4.61. The Labute approximate surface area is 167 Å². The number of nitrogens with zero attached hydrogens (tertiary/aromatic N) is 4.